The van der Waals surface area contributed by atoms with E-state index in [1.54, 1.807) is 4.90 Å². The summed E-state index contributed by atoms with van der Waals surface area (Å²) in [4.78, 5) is 38.2. The molecule has 0 radical (unpaired) electrons. The molecule has 3 atom stereocenters. The van der Waals surface area contributed by atoms with Gasteiger partial charge in [0.25, 0.3) is 5.91 Å². The third kappa shape index (κ3) is 3.36. The summed E-state index contributed by atoms with van der Waals surface area (Å²) < 4.78 is 5.49. The molecule has 3 heterocycles. The van der Waals surface area contributed by atoms with Crippen molar-refractivity contribution in [3.63, 3.8) is 0 Å². The summed E-state index contributed by atoms with van der Waals surface area (Å²) in [5, 5.41) is 5.79. The van der Waals surface area contributed by atoms with Crippen LogP contribution in [0.5, 0.6) is 0 Å². The second-order valence-electron chi connectivity index (χ2n) is 7.37. The minimum atomic E-state index is -0.590. The van der Waals surface area contributed by atoms with Crippen molar-refractivity contribution in [3.8, 4) is 0 Å². The maximum atomic E-state index is 13.0. The molecule has 1 aromatic rings. The second kappa shape index (κ2) is 7.38. The number of piperidine rings is 1. The first-order valence-electron chi connectivity index (χ1n) is 9.35. The van der Waals surface area contributed by atoms with E-state index in [1.165, 1.54) is 0 Å². The molecule has 4 rings (SSSR count). The van der Waals surface area contributed by atoms with E-state index in [9.17, 15) is 14.4 Å². The van der Waals surface area contributed by atoms with Gasteiger partial charge < -0.3 is 20.7 Å². The maximum Gasteiger partial charge on any atom is 0.255 e. The second-order valence-corrected chi connectivity index (χ2v) is 7.37. The van der Waals surface area contributed by atoms with E-state index in [0.717, 1.165) is 11.1 Å². The zero-order valence-electron chi connectivity index (χ0n) is 15.1. The molecular formula is C19H24N4O4. The summed E-state index contributed by atoms with van der Waals surface area (Å²) in [5.74, 6) is -0.535. The van der Waals surface area contributed by atoms with Crippen molar-refractivity contribution in [1.82, 2.24) is 15.5 Å². The van der Waals surface area contributed by atoms with E-state index in [2.05, 4.69) is 10.6 Å². The first-order valence-corrected chi connectivity index (χ1v) is 9.35. The minimum Gasteiger partial charge on any atom is -0.379 e. The van der Waals surface area contributed by atoms with Gasteiger partial charge in [-0.15, -0.1) is 0 Å². The molecule has 0 aromatic heterocycles. The molecule has 144 valence electrons. The standard InChI is InChI=1S/C19H24N4O4/c20-6-13-9-27-10-14(13)21-7-11-2-1-3-12-8-23(19(26)17(11)12)15-4-5-16(24)22-18(15)25/h1-3,13-15,21H,4-10,20H2,(H,22,24,25)/t13-,14-,15?/m1/s1. The molecule has 1 aromatic carbocycles. The fourth-order valence-electron chi connectivity index (χ4n) is 4.13. The summed E-state index contributed by atoms with van der Waals surface area (Å²) in [7, 11) is 0. The number of rotatable bonds is 5. The van der Waals surface area contributed by atoms with Crippen LogP contribution in [0.4, 0.5) is 0 Å². The van der Waals surface area contributed by atoms with Gasteiger partial charge in [0.05, 0.1) is 13.2 Å². The zero-order valence-corrected chi connectivity index (χ0v) is 15.1. The minimum absolute atomic E-state index is 0.144. The lowest BCUT2D eigenvalue weighted by Gasteiger charge is -2.29. The Kier molecular flexibility index (Phi) is 4.94. The highest BCUT2D eigenvalue weighted by Crippen LogP contribution is 2.30. The molecule has 1 unspecified atom stereocenters. The third-order valence-corrected chi connectivity index (χ3v) is 5.69. The number of carbonyl (C=O) groups is 3. The largest absolute Gasteiger partial charge is 0.379 e. The van der Waals surface area contributed by atoms with Gasteiger partial charge in [-0.3, -0.25) is 19.7 Å². The molecule has 8 heteroatoms. The average Bonchev–Trinajstić information content (AvgIpc) is 3.24. The van der Waals surface area contributed by atoms with Gasteiger partial charge >= 0.3 is 0 Å². The SMILES string of the molecule is NC[C@@H]1COC[C@H]1NCc1cccc2c1C(=O)N(C1CCC(=O)NC1=O)C2. The summed E-state index contributed by atoms with van der Waals surface area (Å²) >= 11 is 0. The van der Waals surface area contributed by atoms with Crippen molar-refractivity contribution in [1.29, 1.82) is 0 Å². The highest BCUT2D eigenvalue weighted by molar-refractivity contribution is 6.05. The van der Waals surface area contributed by atoms with Crippen LogP contribution in [0, 0.1) is 5.92 Å². The van der Waals surface area contributed by atoms with Crippen molar-refractivity contribution in [3.05, 3.63) is 34.9 Å². The molecule has 2 saturated heterocycles. The number of benzene rings is 1. The lowest BCUT2D eigenvalue weighted by atomic mass is 10.0. The van der Waals surface area contributed by atoms with Crippen molar-refractivity contribution in [2.75, 3.05) is 19.8 Å². The van der Waals surface area contributed by atoms with E-state index in [4.69, 9.17) is 10.5 Å². The van der Waals surface area contributed by atoms with Crippen LogP contribution in [-0.4, -0.2) is 54.5 Å². The number of nitrogens with zero attached hydrogens (tertiary/aromatic N) is 1. The first-order chi connectivity index (χ1) is 13.1. The Balaban J connectivity index is 1.50. The van der Waals surface area contributed by atoms with Crippen molar-refractivity contribution >= 4 is 17.7 Å². The molecule has 4 N–H and O–H groups in total. The highest BCUT2D eigenvalue weighted by Gasteiger charge is 2.40. The van der Waals surface area contributed by atoms with Gasteiger partial charge in [0.1, 0.15) is 6.04 Å². The Morgan fingerprint density at radius 1 is 1.26 bits per heavy atom. The van der Waals surface area contributed by atoms with E-state index in [0.29, 0.717) is 44.8 Å². The molecule has 0 bridgehead atoms. The van der Waals surface area contributed by atoms with Crippen LogP contribution in [0.2, 0.25) is 0 Å². The van der Waals surface area contributed by atoms with Crippen LogP contribution >= 0.6 is 0 Å². The van der Waals surface area contributed by atoms with Gasteiger partial charge in [-0.25, -0.2) is 0 Å². The average molecular weight is 372 g/mol. The van der Waals surface area contributed by atoms with Gasteiger partial charge in [0, 0.05) is 37.0 Å². The summed E-state index contributed by atoms with van der Waals surface area (Å²) in [6.45, 7) is 2.78. The molecule has 0 aliphatic carbocycles. The van der Waals surface area contributed by atoms with Crippen molar-refractivity contribution < 1.29 is 19.1 Å². The van der Waals surface area contributed by atoms with Gasteiger partial charge in [-0.1, -0.05) is 18.2 Å². The molecule has 2 fully saturated rings. The smallest absolute Gasteiger partial charge is 0.255 e. The first kappa shape index (κ1) is 18.1. The Bertz CT molecular complexity index is 781. The fourth-order valence-corrected chi connectivity index (χ4v) is 4.13. The van der Waals surface area contributed by atoms with Crippen LogP contribution in [0.1, 0.15) is 34.3 Å². The van der Waals surface area contributed by atoms with Crippen LogP contribution in [0.25, 0.3) is 0 Å². The highest BCUT2D eigenvalue weighted by atomic mass is 16.5. The van der Waals surface area contributed by atoms with Gasteiger partial charge in [0.15, 0.2) is 0 Å². The Labute approximate surface area is 157 Å². The number of fused-ring (bicyclic) bond motifs is 1. The number of imide groups is 1. The van der Waals surface area contributed by atoms with E-state index < -0.39 is 6.04 Å². The normalized spacial score (nSPS) is 27.8. The summed E-state index contributed by atoms with van der Waals surface area (Å²) in [6, 6.07) is 5.37. The predicted molar refractivity (Wildman–Crippen MR) is 96.5 cm³/mol. The van der Waals surface area contributed by atoms with Gasteiger partial charge in [-0.05, 0) is 24.1 Å². The van der Waals surface area contributed by atoms with Crippen LogP contribution in [0.3, 0.4) is 0 Å². The summed E-state index contributed by atoms with van der Waals surface area (Å²) in [5.41, 5.74) is 8.28. The van der Waals surface area contributed by atoms with Crippen LogP contribution in [-0.2, 0) is 27.4 Å². The number of carbonyl (C=O) groups excluding carboxylic acids is 3. The van der Waals surface area contributed by atoms with E-state index >= 15 is 0 Å². The zero-order chi connectivity index (χ0) is 19.0. The van der Waals surface area contributed by atoms with Gasteiger partial charge in [-0.2, -0.15) is 0 Å². The Hall–Kier alpha value is -2.29. The lowest BCUT2D eigenvalue weighted by Crippen LogP contribution is -2.52. The number of amides is 3. The Morgan fingerprint density at radius 3 is 2.89 bits per heavy atom. The quantitative estimate of drug-likeness (QED) is 0.601. The topological polar surface area (TPSA) is 114 Å². The van der Waals surface area contributed by atoms with Crippen molar-refractivity contribution in [2.24, 2.45) is 11.7 Å². The molecule has 8 nitrogen and oxygen atoms in total. The lowest BCUT2D eigenvalue weighted by molar-refractivity contribution is -0.136. The van der Waals surface area contributed by atoms with E-state index in [-0.39, 0.29) is 36.1 Å². The molecule has 3 aliphatic heterocycles. The number of nitrogens with two attached hydrogens (primary N) is 1. The number of ether oxygens (including phenoxy) is 1. The third-order valence-electron chi connectivity index (χ3n) is 5.69. The molecule has 0 saturated carbocycles. The van der Waals surface area contributed by atoms with Crippen LogP contribution in [0.15, 0.2) is 18.2 Å². The fraction of sp³-hybridized carbons (Fsp3) is 0.526. The van der Waals surface area contributed by atoms with Crippen molar-refractivity contribution in [2.45, 2.75) is 38.0 Å². The monoisotopic (exact) mass is 372 g/mol. The molecule has 0 spiro atoms. The molecule has 3 amide bonds. The molecule has 3 aliphatic rings. The molecular weight excluding hydrogens is 348 g/mol. The maximum absolute atomic E-state index is 13.0. The van der Waals surface area contributed by atoms with E-state index in [1.807, 2.05) is 18.2 Å². The molecule has 27 heavy (non-hydrogen) atoms. The van der Waals surface area contributed by atoms with Gasteiger partial charge in [0.2, 0.25) is 11.8 Å². The number of nitrogens with one attached hydrogen (secondary N) is 2. The summed E-state index contributed by atoms with van der Waals surface area (Å²) in [6.07, 6.45) is 0.628. The van der Waals surface area contributed by atoms with Crippen LogP contribution < -0.4 is 16.4 Å². The number of hydrogen-bond acceptors (Lipinski definition) is 6. The Morgan fingerprint density at radius 2 is 2.11 bits per heavy atom. The number of hydrogen-bond donors (Lipinski definition) is 3. The predicted octanol–water partition coefficient (Wildman–Crippen LogP) is -0.489.